The molecule has 1 saturated carbocycles. The predicted molar refractivity (Wildman–Crippen MR) is 91.8 cm³/mol. The van der Waals surface area contributed by atoms with Crippen molar-refractivity contribution < 1.29 is 14.6 Å². The molecule has 0 aromatic heterocycles. The van der Waals surface area contributed by atoms with Crippen LogP contribution in [0.3, 0.4) is 0 Å². The molecular weight excluding hydrogens is 290 g/mol. The van der Waals surface area contributed by atoms with Crippen LogP contribution in [0.25, 0.3) is 0 Å². The van der Waals surface area contributed by atoms with E-state index in [-0.39, 0.29) is 5.92 Å². The SMILES string of the molecule is COc1ccccc1CC(NC1CCC(C(=O)O)CC1)C(C)C. The first-order valence-corrected chi connectivity index (χ1v) is 8.62. The van der Waals surface area contributed by atoms with Crippen LogP contribution in [0, 0.1) is 11.8 Å². The van der Waals surface area contributed by atoms with Crippen molar-refractivity contribution in [2.75, 3.05) is 7.11 Å². The molecule has 0 radical (unpaired) electrons. The first kappa shape index (κ1) is 17.8. The Balaban J connectivity index is 1.96. The summed E-state index contributed by atoms with van der Waals surface area (Å²) in [5, 5.41) is 12.9. The maximum absolute atomic E-state index is 11.1. The van der Waals surface area contributed by atoms with Crippen molar-refractivity contribution in [2.45, 2.75) is 58.0 Å². The quantitative estimate of drug-likeness (QED) is 0.807. The van der Waals surface area contributed by atoms with Crippen LogP contribution in [0.4, 0.5) is 0 Å². The molecule has 2 N–H and O–H groups in total. The van der Waals surface area contributed by atoms with Crippen LogP contribution in [0.5, 0.6) is 5.75 Å². The molecule has 128 valence electrons. The molecule has 1 unspecified atom stereocenters. The molecule has 1 aromatic rings. The minimum atomic E-state index is -0.641. The average Bonchev–Trinajstić information content (AvgIpc) is 2.55. The van der Waals surface area contributed by atoms with Gasteiger partial charge in [-0.15, -0.1) is 0 Å². The minimum absolute atomic E-state index is 0.153. The third-order valence-electron chi connectivity index (χ3n) is 4.96. The molecular formula is C19H29NO3. The fourth-order valence-corrected chi connectivity index (χ4v) is 3.41. The summed E-state index contributed by atoms with van der Waals surface area (Å²) in [5.74, 6) is 0.657. The van der Waals surface area contributed by atoms with Crippen molar-refractivity contribution in [1.29, 1.82) is 0 Å². The Labute approximate surface area is 139 Å². The molecule has 4 nitrogen and oxygen atoms in total. The number of methoxy groups -OCH3 is 1. The largest absolute Gasteiger partial charge is 0.496 e. The van der Waals surface area contributed by atoms with Crippen LogP contribution in [-0.4, -0.2) is 30.3 Å². The van der Waals surface area contributed by atoms with Crippen molar-refractivity contribution in [3.8, 4) is 5.75 Å². The molecule has 0 heterocycles. The van der Waals surface area contributed by atoms with E-state index in [9.17, 15) is 4.79 Å². The molecule has 23 heavy (non-hydrogen) atoms. The number of ether oxygens (including phenoxy) is 1. The van der Waals surface area contributed by atoms with E-state index in [0.717, 1.165) is 37.9 Å². The van der Waals surface area contributed by atoms with E-state index in [1.807, 2.05) is 18.2 Å². The second-order valence-corrected chi connectivity index (χ2v) is 6.92. The second-order valence-electron chi connectivity index (χ2n) is 6.92. The fraction of sp³-hybridized carbons (Fsp3) is 0.632. The van der Waals surface area contributed by atoms with Crippen molar-refractivity contribution in [1.82, 2.24) is 5.32 Å². The molecule has 0 amide bonds. The Morgan fingerprint density at radius 3 is 2.48 bits per heavy atom. The maximum Gasteiger partial charge on any atom is 0.306 e. The third-order valence-corrected chi connectivity index (χ3v) is 4.96. The van der Waals surface area contributed by atoms with Gasteiger partial charge in [-0.3, -0.25) is 4.79 Å². The Bertz CT molecular complexity index is 507. The van der Waals surface area contributed by atoms with Gasteiger partial charge in [-0.05, 0) is 49.7 Å². The van der Waals surface area contributed by atoms with Gasteiger partial charge >= 0.3 is 5.97 Å². The summed E-state index contributed by atoms with van der Waals surface area (Å²) in [6, 6.07) is 8.97. The van der Waals surface area contributed by atoms with E-state index in [1.165, 1.54) is 5.56 Å². The Hall–Kier alpha value is -1.55. The van der Waals surface area contributed by atoms with Gasteiger partial charge in [0.1, 0.15) is 5.75 Å². The number of carboxylic acid groups (broad SMARTS) is 1. The normalized spacial score (nSPS) is 22.8. The summed E-state index contributed by atoms with van der Waals surface area (Å²) in [6.07, 6.45) is 4.40. The highest BCUT2D eigenvalue weighted by Crippen LogP contribution is 2.27. The molecule has 1 aliphatic rings. The molecule has 1 aromatic carbocycles. The zero-order valence-corrected chi connectivity index (χ0v) is 14.4. The first-order valence-electron chi connectivity index (χ1n) is 8.62. The molecule has 1 fully saturated rings. The van der Waals surface area contributed by atoms with Gasteiger partial charge < -0.3 is 15.2 Å². The molecule has 0 saturated heterocycles. The first-order chi connectivity index (χ1) is 11.0. The molecule has 0 bridgehead atoms. The van der Waals surface area contributed by atoms with Crippen molar-refractivity contribution in [3.63, 3.8) is 0 Å². The van der Waals surface area contributed by atoms with Crippen LogP contribution in [0.15, 0.2) is 24.3 Å². The topological polar surface area (TPSA) is 58.6 Å². The van der Waals surface area contributed by atoms with Crippen molar-refractivity contribution in [2.24, 2.45) is 11.8 Å². The lowest BCUT2D eigenvalue weighted by Gasteiger charge is -2.33. The number of nitrogens with one attached hydrogen (secondary N) is 1. The van der Waals surface area contributed by atoms with Gasteiger partial charge in [-0.25, -0.2) is 0 Å². The van der Waals surface area contributed by atoms with E-state index in [1.54, 1.807) is 7.11 Å². The number of hydrogen-bond donors (Lipinski definition) is 2. The van der Waals surface area contributed by atoms with Gasteiger partial charge in [0.25, 0.3) is 0 Å². The number of hydrogen-bond acceptors (Lipinski definition) is 3. The number of aliphatic carboxylic acids is 1. The number of para-hydroxylation sites is 1. The van der Waals surface area contributed by atoms with Crippen LogP contribution in [0.2, 0.25) is 0 Å². The summed E-state index contributed by atoms with van der Waals surface area (Å²) in [4.78, 5) is 11.1. The highest BCUT2D eigenvalue weighted by atomic mass is 16.5. The molecule has 2 rings (SSSR count). The summed E-state index contributed by atoms with van der Waals surface area (Å²) < 4.78 is 5.46. The van der Waals surface area contributed by atoms with Crippen molar-refractivity contribution >= 4 is 5.97 Å². The predicted octanol–water partition coefficient (Wildman–Crippen LogP) is 3.50. The smallest absolute Gasteiger partial charge is 0.306 e. The lowest BCUT2D eigenvalue weighted by Crippen LogP contribution is -2.45. The zero-order chi connectivity index (χ0) is 16.8. The van der Waals surface area contributed by atoms with E-state index in [2.05, 4.69) is 25.2 Å². The average molecular weight is 319 g/mol. The minimum Gasteiger partial charge on any atom is -0.496 e. The van der Waals surface area contributed by atoms with Crippen LogP contribution >= 0.6 is 0 Å². The van der Waals surface area contributed by atoms with Gasteiger partial charge in [0, 0.05) is 12.1 Å². The standard InChI is InChI=1S/C19H29NO3/c1-13(2)17(12-15-6-4-5-7-18(15)23-3)20-16-10-8-14(9-11-16)19(21)22/h4-7,13-14,16-17,20H,8-12H2,1-3H3,(H,21,22). The number of benzene rings is 1. The van der Waals surface area contributed by atoms with Gasteiger partial charge in [0.15, 0.2) is 0 Å². The number of carboxylic acids is 1. The second kappa shape index (κ2) is 8.34. The molecule has 1 aliphatic carbocycles. The van der Waals surface area contributed by atoms with E-state index in [0.29, 0.717) is 18.0 Å². The summed E-state index contributed by atoms with van der Waals surface area (Å²) >= 11 is 0. The van der Waals surface area contributed by atoms with Gasteiger partial charge in [-0.1, -0.05) is 32.0 Å². The zero-order valence-electron chi connectivity index (χ0n) is 14.4. The van der Waals surface area contributed by atoms with Gasteiger partial charge in [0.2, 0.25) is 0 Å². The summed E-state index contributed by atoms with van der Waals surface area (Å²) in [5.41, 5.74) is 1.22. The Morgan fingerprint density at radius 2 is 1.91 bits per heavy atom. The highest BCUT2D eigenvalue weighted by Gasteiger charge is 2.28. The van der Waals surface area contributed by atoms with Crippen LogP contribution < -0.4 is 10.1 Å². The van der Waals surface area contributed by atoms with Gasteiger partial charge in [0.05, 0.1) is 13.0 Å². The van der Waals surface area contributed by atoms with Gasteiger partial charge in [-0.2, -0.15) is 0 Å². The Morgan fingerprint density at radius 1 is 1.26 bits per heavy atom. The monoisotopic (exact) mass is 319 g/mol. The molecule has 0 spiro atoms. The van der Waals surface area contributed by atoms with E-state index >= 15 is 0 Å². The van der Waals surface area contributed by atoms with E-state index in [4.69, 9.17) is 9.84 Å². The molecule has 1 atom stereocenters. The highest BCUT2D eigenvalue weighted by molar-refractivity contribution is 5.70. The lowest BCUT2D eigenvalue weighted by atomic mass is 9.85. The lowest BCUT2D eigenvalue weighted by molar-refractivity contribution is -0.142. The number of carbonyl (C=O) groups is 1. The van der Waals surface area contributed by atoms with Crippen LogP contribution in [-0.2, 0) is 11.2 Å². The maximum atomic E-state index is 11.1. The van der Waals surface area contributed by atoms with Crippen LogP contribution in [0.1, 0.15) is 45.1 Å². The molecule has 4 heteroatoms. The number of rotatable bonds is 7. The summed E-state index contributed by atoms with van der Waals surface area (Å²) in [7, 11) is 1.71. The Kier molecular flexibility index (Phi) is 6.46. The van der Waals surface area contributed by atoms with E-state index < -0.39 is 5.97 Å². The fourth-order valence-electron chi connectivity index (χ4n) is 3.41. The van der Waals surface area contributed by atoms with Crippen molar-refractivity contribution in [3.05, 3.63) is 29.8 Å². The third kappa shape index (κ3) is 4.96. The summed E-state index contributed by atoms with van der Waals surface area (Å²) in [6.45, 7) is 4.46. The molecule has 0 aliphatic heterocycles.